The van der Waals surface area contributed by atoms with Crippen molar-refractivity contribution in [1.29, 1.82) is 0 Å². The second-order valence-electron chi connectivity index (χ2n) is 7.78. The van der Waals surface area contributed by atoms with Crippen LogP contribution in [0.1, 0.15) is 21.6 Å². The first-order valence-corrected chi connectivity index (χ1v) is 10.1. The number of carbonyl (C=O) groups excluding carboxylic acids is 1. The molecule has 1 amide bonds. The van der Waals surface area contributed by atoms with Gasteiger partial charge in [0.1, 0.15) is 25.1 Å². The highest BCUT2D eigenvalue weighted by Gasteiger charge is 2.34. The van der Waals surface area contributed by atoms with E-state index in [9.17, 15) is 31.1 Å². The van der Waals surface area contributed by atoms with Crippen molar-refractivity contribution in [3.63, 3.8) is 0 Å². The summed E-state index contributed by atoms with van der Waals surface area (Å²) < 4.78 is 93.9. The third kappa shape index (κ3) is 6.32. The van der Waals surface area contributed by atoms with Crippen molar-refractivity contribution in [1.82, 2.24) is 15.1 Å². The van der Waals surface area contributed by atoms with Crippen molar-refractivity contribution in [2.45, 2.75) is 44.3 Å². The van der Waals surface area contributed by atoms with Crippen LogP contribution in [0, 0.1) is 0 Å². The molecule has 0 spiro atoms. The number of fused-ring (bicyclic) bond motifs is 2. The Kier molecular flexibility index (Phi) is 6.62. The summed E-state index contributed by atoms with van der Waals surface area (Å²) in [5.74, 6) is 0.177. The van der Waals surface area contributed by atoms with Gasteiger partial charge in [0, 0.05) is 6.07 Å². The van der Waals surface area contributed by atoms with Crippen LogP contribution in [0.2, 0.25) is 0 Å². The summed E-state index contributed by atoms with van der Waals surface area (Å²) in [6, 6.07) is 5.78. The first kappa shape index (κ1) is 24.1. The minimum atomic E-state index is -4.77. The van der Waals surface area contributed by atoms with Gasteiger partial charge < -0.3 is 19.5 Å². The van der Waals surface area contributed by atoms with E-state index < -0.39 is 43.8 Å². The van der Waals surface area contributed by atoms with Gasteiger partial charge in [0.2, 0.25) is 5.88 Å². The number of alkyl halides is 6. The molecule has 2 atom stereocenters. The average molecular weight is 495 g/mol. The number of nitrogens with zero attached hydrogens (tertiary/aromatic N) is 2. The molecule has 2 aliphatic rings. The lowest BCUT2D eigenvalue weighted by atomic mass is 10.0. The molecule has 0 saturated heterocycles. The fraction of sp³-hybridized carbons (Fsp3) is 0.500. The zero-order valence-corrected chi connectivity index (χ0v) is 17.4. The smallest absolute Gasteiger partial charge is 0.491 e. The molecule has 0 aliphatic carbocycles. The minimum Gasteiger partial charge on any atom is -0.491 e. The topological polar surface area (TPSA) is 83.8 Å². The molecule has 0 saturated carbocycles. The Hall–Kier alpha value is -3.00. The van der Waals surface area contributed by atoms with E-state index in [4.69, 9.17) is 9.47 Å². The van der Waals surface area contributed by atoms with Crippen molar-refractivity contribution < 1.29 is 50.1 Å². The van der Waals surface area contributed by atoms with Crippen LogP contribution in [0.4, 0.5) is 26.3 Å². The van der Waals surface area contributed by atoms with Crippen molar-refractivity contribution >= 4 is 5.91 Å². The maximum absolute atomic E-state index is 12.6. The molecule has 2 aliphatic heterocycles. The van der Waals surface area contributed by atoms with Gasteiger partial charge in [-0.25, -0.2) is 4.68 Å². The first-order valence-electron chi connectivity index (χ1n) is 10.1. The monoisotopic (exact) mass is 495 g/mol. The van der Waals surface area contributed by atoms with Gasteiger partial charge in [0.05, 0.1) is 25.8 Å². The maximum atomic E-state index is 12.6. The fourth-order valence-corrected chi connectivity index (χ4v) is 3.59. The van der Waals surface area contributed by atoms with Crippen LogP contribution >= 0.6 is 0 Å². The fourth-order valence-electron chi connectivity index (χ4n) is 3.59. The van der Waals surface area contributed by atoms with Gasteiger partial charge >= 0.3 is 12.5 Å². The maximum Gasteiger partial charge on any atom is 0.522 e. The van der Waals surface area contributed by atoms with Crippen molar-refractivity contribution in [3.05, 3.63) is 41.1 Å². The van der Waals surface area contributed by atoms with E-state index >= 15 is 0 Å². The number of amides is 1. The number of aromatic nitrogens is 2. The van der Waals surface area contributed by atoms with E-state index in [0.29, 0.717) is 23.3 Å². The molecule has 0 bridgehead atoms. The zero-order chi connectivity index (χ0) is 24.5. The molecule has 186 valence electrons. The predicted octanol–water partition coefficient (Wildman–Crippen LogP) is 2.99. The Morgan fingerprint density at radius 2 is 2.00 bits per heavy atom. The van der Waals surface area contributed by atoms with Crippen LogP contribution in [-0.2, 0) is 29.0 Å². The number of hydrogen-bond acceptors (Lipinski definition) is 6. The molecular formula is C20H19F6N3O5. The van der Waals surface area contributed by atoms with Crippen LogP contribution in [0.3, 0.4) is 0 Å². The average Bonchev–Trinajstić information content (AvgIpc) is 3.29. The number of nitrogens with one attached hydrogen (secondary N) is 1. The lowest BCUT2D eigenvalue weighted by Gasteiger charge is -2.26. The number of carbonyl (C=O) groups is 1. The van der Waals surface area contributed by atoms with Crippen LogP contribution in [0.5, 0.6) is 11.6 Å². The number of rotatable bonds is 7. The number of ether oxygens (including phenoxy) is 4. The third-order valence-corrected chi connectivity index (χ3v) is 4.97. The molecule has 0 fully saturated rings. The molecule has 2 aromatic rings. The van der Waals surface area contributed by atoms with E-state index in [1.54, 1.807) is 18.2 Å². The van der Waals surface area contributed by atoms with Crippen LogP contribution in [0.15, 0.2) is 24.3 Å². The molecule has 1 aromatic carbocycles. The van der Waals surface area contributed by atoms with E-state index in [0.717, 1.165) is 0 Å². The molecule has 1 N–H and O–H groups in total. The highest BCUT2D eigenvalue weighted by Crippen LogP contribution is 2.28. The lowest BCUT2D eigenvalue weighted by Crippen LogP contribution is -2.43. The predicted molar refractivity (Wildman–Crippen MR) is 101 cm³/mol. The van der Waals surface area contributed by atoms with E-state index in [1.807, 2.05) is 0 Å². The van der Waals surface area contributed by atoms with Gasteiger partial charge in [-0.2, -0.15) is 18.3 Å². The molecule has 3 heterocycles. The Morgan fingerprint density at radius 1 is 1.21 bits per heavy atom. The Labute approximate surface area is 188 Å². The number of benzene rings is 1. The van der Waals surface area contributed by atoms with E-state index in [-0.39, 0.29) is 31.3 Å². The highest BCUT2D eigenvalue weighted by molar-refractivity contribution is 5.92. The van der Waals surface area contributed by atoms with Gasteiger partial charge in [0.15, 0.2) is 5.69 Å². The summed E-state index contributed by atoms with van der Waals surface area (Å²) in [6.45, 7) is -2.11. The minimum absolute atomic E-state index is 0.00219. The van der Waals surface area contributed by atoms with Gasteiger partial charge in [0.25, 0.3) is 5.91 Å². The molecule has 34 heavy (non-hydrogen) atoms. The second kappa shape index (κ2) is 9.33. The summed E-state index contributed by atoms with van der Waals surface area (Å²) in [5, 5.41) is 6.81. The highest BCUT2D eigenvalue weighted by atomic mass is 19.4. The summed E-state index contributed by atoms with van der Waals surface area (Å²) in [7, 11) is 0. The van der Waals surface area contributed by atoms with Crippen LogP contribution in [0.25, 0.3) is 0 Å². The Bertz CT molecular complexity index is 1020. The third-order valence-electron chi connectivity index (χ3n) is 4.97. The molecule has 8 nitrogen and oxygen atoms in total. The summed E-state index contributed by atoms with van der Waals surface area (Å²) >= 11 is 0. The van der Waals surface area contributed by atoms with Crippen LogP contribution in [-0.4, -0.2) is 60.2 Å². The molecule has 0 unspecified atom stereocenters. The quantitative estimate of drug-likeness (QED) is 0.595. The number of hydrogen-bond donors (Lipinski definition) is 1. The molecule has 1 aromatic heterocycles. The Morgan fingerprint density at radius 3 is 2.71 bits per heavy atom. The van der Waals surface area contributed by atoms with Crippen LogP contribution < -0.4 is 14.8 Å². The SMILES string of the molecule is O=C(N[C@H]1COc2ccc(COCC(F)(F)F)cc2C1)c1cc2n(n1)C[C@H](COC(F)(F)F)O2. The van der Waals surface area contributed by atoms with Gasteiger partial charge in [-0.15, -0.1) is 13.2 Å². The van der Waals surface area contributed by atoms with Gasteiger partial charge in [-0.1, -0.05) is 6.07 Å². The zero-order valence-electron chi connectivity index (χ0n) is 17.4. The normalized spacial score (nSPS) is 19.7. The Balaban J connectivity index is 1.30. The summed E-state index contributed by atoms with van der Waals surface area (Å²) in [5.41, 5.74) is 1.25. The molecule has 0 radical (unpaired) electrons. The molecule has 14 heteroatoms. The lowest BCUT2D eigenvalue weighted by molar-refractivity contribution is -0.329. The van der Waals surface area contributed by atoms with Gasteiger partial charge in [-0.05, 0) is 29.7 Å². The van der Waals surface area contributed by atoms with Crippen molar-refractivity contribution in [2.75, 3.05) is 19.8 Å². The summed E-state index contributed by atoms with van der Waals surface area (Å²) in [6.07, 6.45) is -9.69. The van der Waals surface area contributed by atoms with Gasteiger partial charge in [-0.3, -0.25) is 9.53 Å². The number of halogens is 6. The second-order valence-corrected chi connectivity index (χ2v) is 7.78. The van der Waals surface area contributed by atoms with Crippen molar-refractivity contribution in [2.24, 2.45) is 0 Å². The summed E-state index contributed by atoms with van der Waals surface area (Å²) in [4.78, 5) is 12.6. The largest absolute Gasteiger partial charge is 0.522 e. The molecule has 4 rings (SSSR count). The van der Waals surface area contributed by atoms with E-state index in [1.165, 1.54) is 10.7 Å². The van der Waals surface area contributed by atoms with Crippen molar-refractivity contribution in [3.8, 4) is 11.6 Å². The standard InChI is InChI=1S/C20H19F6N3O5/c21-19(22,23)10-31-7-11-1-2-16-12(3-11)4-13(8-32-16)27-18(30)15-5-17-29(28-15)6-14(34-17)9-33-20(24,25)26/h1-3,5,13-14H,4,6-10H2,(H,27,30)/t13-,14-/m1/s1. The van der Waals surface area contributed by atoms with E-state index in [2.05, 4.69) is 19.9 Å². The first-order chi connectivity index (χ1) is 15.9. The molecular weight excluding hydrogens is 476 g/mol.